The number of likely N-dealkylation sites (N-methyl/N-ethyl adjacent to an activating group) is 1. The Hall–Kier alpha value is -4.69. The highest BCUT2D eigenvalue weighted by Gasteiger charge is 2.50. The molecule has 2 atom stereocenters. The van der Waals surface area contributed by atoms with Crippen molar-refractivity contribution < 1.29 is 14.4 Å². The number of benzene rings is 4. The lowest BCUT2D eigenvalue weighted by Crippen LogP contribution is -2.76. The van der Waals surface area contributed by atoms with E-state index in [0.717, 1.165) is 27.5 Å². The van der Waals surface area contributed by atoms with Crippen molar-refractivity contribution in [3.8, 4) is 0 Å². The van der Waals surface area contributed by atoms with Gasteiger partial charge in [-0.25, -0.2) is 14.8 Å². The van der Waals surface area contributed by atoms with E-state index in [0.29, 0.717) is 19.5 Å². The minimum absolute atomic E-state index is 0.0111. The van der Waals surface area contributed by atoms with Gasteiger partial charge in [-0.3, -0.25) is 9.59 Å². The molecule has 4 amide bonds. The Bertz CT molecular complexity index is 1560. The molecule has 1 N–H and O–H groups in total. The smallest absolute Gasteiger partial charge is 0.333 e. The number of carbonyl (C=O) groups is 3. The van der Waals surface area contributed by atoms with Crippen LogP contribution in [-0.4, -0.2) is 70.0 Å². The van der Waals surface area contributed by atoms with Gasteiger partial charge in [0, 0.05) is 26.6 Å². The minimum Gasteiger partial charge on any atom is -0.333 e. The number of nitrogens with one attached hydrogen (secondary N) is 1. The van der Waals surface area contributed by atoms with Crippen LogP contribution >= 0.6 is 0 Å². The second kappa shape index (κ2) is 11.4. The summed E-state index contributed by atoms with van der Waals surface area (Å²) >= 11 is 0. The highest BCUT2D eigenvalue weighted by molar-refractivity contribution is 5.92. The topological polar surface area (TPSA) is 76.2 Å². The monoisotopic (exact) mass is 547 g/mol. The number of nitrogens with zero attached hydrogens (tertiary/aromatic N) is 4. The van der Waals surface area contributed by atoms with Gasteiger partial charge >= 0.3 is 6.03 Å². The third-order valence-corrected chi connectivity index (χ3v) is 7.95. The fourth-order valence-corrected chi connectivity index (χ4v) is 5.98. The molecule has 0 spiro atoms. The van der Waals surface area contributed by atoms with Crippen LogP contribution in [0, 0.1) is 0 Å². The third kappa shape index (κ3) is 5.38. The molecule has 0 aromatic heterocycles. The lowest BCUT2D eigenvalue weighted by atomic mass is 9.97. The van der Waals surface area contributed by atoms with Gasteiger partial charge in [0.1, 0.15) is 12.2 Å². The lowest BCUT2D eigenvalue weighted by Gasteiger charge is -2.54. The van der Waals surface area contributed by atoms with Crippen molar-refractivity contribution in [1.82, 2.24) is 25.1 Å². The molecule has 8 heteroatoms. The zero-order valence-electron chi connectivity index (χ0n) is 23.0. The van der Waals surface area contributed by atoms with Crippen LogP contribution in [0.3, 0.4) is 0 Å². The molecule has 41 heavy (non-hydrogen) atoms. The van der Waals surface area contributed by atoms with E-state index in [1.807, 2.05) is 84.9 Å². The van der Waals surface area contributed by atoms with Crippen LogP contribution < -0.4 is 5.32 Å². The molecule has 0 saturated carbocycles. The first kappa shape index (κ1) is 26.5. The maximum absolute atomic E-state index is 14.1. The molecule has 8 nitrogen and oxygen atoms in total. The number of carbonyl (C=O) groups excluding carboxylic acids is 3. The maximum Gasteiger partial charge on any atom is 0.334 e. The van der Waals surface area contributed by atoms with E-state index < -0.39 is 12.2 Å². The van der Waals surface area contributed by atoms with Crippen molar-refractivity contribution in [3.05, 3.63) is 120 Å². The highest BCUT2D eigenvalue weighted by Crippen LogP contribution is 2.30. The molecule has 6 rings (SSSR count). The van der Waals surface area contributed by atoms with Crippen LogP contribution in [-0.2, 0) is 29.1 Å². The first-order valence-electron chi connectivity index (χ1n) is 13.9. The Morgan fingerprint density at radius 1 is 0.829 bits per heavy atom. The Kier molecular flexibility index (Phi) is 7.39. The van der Waals surface area contributed by atoms with Gasteiger partial charge in [0.05, 0.1) is 13.1 Å². The predicted octanol–water partition coefficient (Wildman–Crippen LogP) is 4.02. The van der Waals surface area contributed by atoms with Crippen LogP contribution in [0.4, 0.5) is 4.79 Å². The highest BCUT2D eigenvalue weighted by atomic mass is 16.2. The van der Waals surface area contributed by atoms with E-state index >= 15 is 0 Å². The van der Waals surface area contributed by atoms with Crippen molar-refractivity contribution in [2.45, 2.75) is 31.7 Å². The number of hydrogen-bond donors (Lipinski definition) is 1. The molecule has 2 aliphatic heterocycles. The second-order valence-corrected chi connectivity index (χ2v) is 10.6. The fraction of sp³-hybridized carbons (Fsp3) is 0.242. The zero-order valence-corrected chi connectivity index (χ0v) is 23.0. The number of hydrazine groups is 1. The largest absolute Gasteiger partial charge is 0.334 e. The summed E-state index contributed by atoms with van der Waals surface area (Å²) < 4.78 is 0. The molecule has 2 fully saturated rings. The average Bonchev–Trinajstić information content (AvgIpc) is 2.99. The number of rotatable bonds is 6. The first-order valence-corrected chi connectivity index (χ1v) is 13.9. The molecule has 208 valence electrons. The van der Waals surface area contributed by atoms with Crippen molar-refractivity contribution in [1.29, 1.82) is 0 Å². The summed E-state index contributed by atoms with van der Waals surface area (Å²) in [6, 6.07) is 32.6. The van der Waals surface area contributed by atoms with Crippen molar-refractivity contribution in [2.24, 2.45) is 0 Å². The Morgan fingerprint density at radius 3 is 2.24 bits per heavy atom. The third-order valence-electron chi connectivity index (χ3n) is 7.95. The van der Waals surface area contributed by atoms with E-state index in [4.69, 9.17) is 0 Å². The van der Waals surface area contributed by atoms with Gasteiger partial charge < -0.3 is 15.1 Å². The van der Waals surface area contributed by atoms with Crippen molar-refractivity contribution >= 4 is 28.6 Å². The van der Waals surface area contributed by atoms with Gasteiger partial charge in [-0.05, 0) is 27.5 Å². The molecule has 2 unspecified atom stereocenters. The van der Waals surface area contributed by atoms with E-state index in [-0.39, 0.29) is 30.9 Å². The van der Waals surface area contributed by atoms with Crippen LogP contribution in [0.2, 0.25) is 0 Å². The molecule has 2 heterocycles. The average molecular weight is 548 g/mol. The predicted molar refractivity (Wildman–Crippen MR) is 157 cm³/mol. The second-order valence-electron chi connectivity index (χ2n) is 10.6. The van der Waals surface area contributed by atoms with Crippen molar-refractivity contribution in [3.63, 3.8) is 0 Å². The zero-order chi connectivity index (χ0) is 28.3. The molecular formula is C33H33N5O3. The summed E-state index contributed by atoms with van der Waals surface area (Å²) in [4.78, 5) is 44.8. The number of urea groups is 1. The van der Waals surface area contributed by atoms with Gasteiger partial charge in [-0.1, -0.05) is 103 Å². The molecule has 0 bridgehead atoms. The Labute approximate surface area is 239 Å². The summed E-state index contributed by atoms with van der Waals surface area (Å²) in [7, 11) is 1.75. The van der Waals surface area contributed by atoms with Crippen LogP contribution in [0.5, 0.6) is 0 Å². The number of amides is 4. The van der Waals surface area contributed by atoms with E-state index in [2.05, 4.69) is 23.5 Å². The Morgan fingerprint density at radius 2 is 1.49 bits per heavy atom. The fourth-order valence-electron chi connectivity index (χ4n) is 5.98. The van der Waals surface area contributed by atoms with Gasteiger partial charge in [0.15, 0.2) is 0 Å². The summed E-state index contributed by atoms with van der Waals surface area (Å²) in [6.45, 7) is 0.962. The Balaban J connectivity index is 1.34. The molecule has 0 radical (unpaired) electrons. The standard InChI is InChI=1S/C33H33N5O3/c1-35-23-31(39)37-29(19-24-11-4-2-5-12-24)32(40)36(21-27-17-10-16-26-15-8-9-18-28(26)27)22-30(37)38(35)33(41)34-20-25-13-6-3-7-14-25/h2-18,29-30H,19-23H2,1H3,(H,34,41). The normalized spacial score (nSPS) is 19.4. The van der Waals surface area contributed by atoms with Gasteiger partial charge in [-0.15, -0.1) is 0 Å². The lowest BCUT2D eigenvalue weighted by molar-refractivity contribution is -0.187. The van der Waals surface area contributed by atoms with E-state index in [1.165, 1.54) is 0 Å². The molecular weight excluding hydrogens is 514 g/mol. The van der Waals surface area contributed by atoms with Gasteiger partial charge in [0.2, 0.25) is 11.8 Å². The summed E-state index contributed by atoms with van der Waals surface area (Å²) in [5, 5.41) is 8.47. The molecule has 4 aromatic rings. The molecule has 0 aliphatic carbocycles. The summed E-state index contributed by atoms with van der Waals surface area (Å²) in [5.74, 6) is -0.274. The van der Waals surface area contributed by atoms with Gasteiger partial charge in [0.25, 0.3) is 0 Å². The number of hydrogen-bond acceptors (Lipinski definition) is 4. The van der Waals surface area contributed by atoms with Crippen LogP contribution in [0.25, 0.3) is 10.8 Å². The molecule has 2 saturated heterocycles. The SMILES string of the molecule is CN1CC(=O)N2C(Cc3ccccc3)C(=O)N(Cc3cccc4ccccc34)CC2N1C(=O)NCc1ccccc1. The van der Waals surface area contributed by atoms with Crippen LogP contribution in [0.15, 0.2) is 103 Å². The quantitative estimate of drug-likeness (QED) is 0.396. The summed E-state index contributed by atoms with van der Waals surface area (Å²) in [5.41, 5.74) is 2.97. The molecule has 2 aliphatic rings. The number of piperazine rings is 1. The van der Waals surface area contributed by atoms with E-state index in [1.54, 1.807) is 26.9 Å². The number of fused-ring (bicyclic) bond motifs is 2. The van der Waals surface area contributed by atoms with Gasteiger partial charge in [-0.2, -0.15) is 0 Å². The summed E-state index contributed by atoms with van der Waals surface area (Å²) in [6.07, 6.45) is -0.268. The molecule has 4 aromatic carbocycles. The van der Waals surface area contributed by atoms with E-state index in [9.17, 15) is 14.4 Å². The van der Waals surface area contributed by atoms with Crippen molar-refractivity contribution in [2.75, 3.05) is 20.1 Å². The first-order chi connectivity index (χ1) is 20.0. The van der Waals surface area contributed by atoms with Crippen LogP contribution in [0.1, 0.15) is 16.7 Å². The maximum atomic E-state index is 14.1. The minimum atomic E-state index is -0.725.